The molecule has 2 saturated heterocycles. The summed E-state index contributed by atoms with van der Waals surface area (Å²) in [5, 5.41) is 3.86. The van der Waals surface area contributed by atoms with E-state index in [1.165, 1.54) is 16.4 Å². The number of ether oxygens (including phenoxy) is 1. The van der Waals surface area contributed by atoms with Crippen molar-refractivity contribution in [3.63, 3.8) is 0 Å². The van der Waals surface area contributed by atoms with Gasteiger partial charge >= 0.3 is 0 Å². The molecule has 116 valence electrons. The van der Waals surface area contributed by atoms with Crippen molar-refractivity contribution in [2.45, 2.75) is 6.54 Å². The molecule has 0 radical (unpaired) electrons. The van der Waals surface area contributed by atoms with Crippen molar-refractivity contribution in [1.29, 1.82) is 0 Å². The highest BCUT2D eigenvalue weighted by Crippen LogP contribution is 2.10. The average Bonchev–Trinajstić information content (AvgIpc) is 3.02. The van der Waals surface area contributed by atoms with Gasteiger partial charge in [0.25, 0.3) is 0 Å². The number of nitrogens with zero attached hydrogens (tertiary/aromatic N) is 5. The van der Waals surface area contributed by atoms with E-state index in [0.717, 1.165) is 59.0 Å². The summed E-state index contributed by atoms with van der Waals surface area (Å²) in [6.45, 7) is 8.11. The van der Waals surface area contributed by atoms with Gasteiger partial charge in [-0.1, -0.05) is 4.49 Å². The van der Waals surface area contributed by atoms with Gasteiger partial charge in [0, 0.05) is 45.8 Å². The number of amides is 1. The topological polar surface area (TPSA) is 61.8 Å². The summed E-state index contributed by atoms with van der Waals surface area (Å²) in [5.41, 5.74) is 0. The number of rotatable bonds is 4. The highest BCUT2D eigenvalue weighted by atomic mass is 32.1. The zero-order valence-electron chi connectivity index (χ0n) is 12.1. The number of aromatic nitrogens is 2. The molecule has 21 heavy (non-hydrogen) atoms. The number of hydrogen-bond donors (Lipinski definition) is 0. The summed E-state index contributed by atoms with van der Waals surface area (Å²) in [5.74, 6) is 0.246. The van der Waals surface area contributed by atoms with Crippen molar-refractivity contribution < 1.29 is 9.53 Å². The molecule has 1 aromatic rings. The lowest BCUT2D eigenvalue weighted by Gasteiger charge is -2.36. The van der Waals surface area contributed by atoms with Crippen LogP contribution in [0.3, 0.4) is 0 Å². The Balaban J connectivity index is 1.41. The van der Waals surface area contributed by atoms with Gasteiger partial charge in [-0.15, -0.1) is 5.10 Å². The van der Waals surface area contributed by atoms with Gasteiger partial charge in [-0.25, -0.2) is 0 Å². The lowest BCUT2D eigenvalue weighted by molar-refractivity contribution is -0.135. The van der Waals surface area contributed by atoms with Crippen LogP contribution in [0.4, 0.5) is 0 Å². The van der Waals surface area contributed by atoms with E-state index < -0.39 is 0 Å². The van der Waals surface area contributed by atoms with Crippen molar-refractivity contribution in [3.8, 4) is 0 Å². The molecule has 0 aliphatic carbocycles. The molecule has 2 aliphatic rings. The molecule has 7 nitrogen and oxygen atoms in total. The maximum Gasteiger partial charge on any atom is 0.236 e. The van der Waals surface area contributed by atoms with Crippen LogP contribution in [0.1, 0.15) is 4.88 Å². The molecule has 0 unspecified atom stereocenters. The van der Waals surface area contributed by atoms with Gasteiger partial charge in [0.05, 0.1) is 30.8 Å². The third-order valence-corrected chi connectivity index (χ3v) is 4.62. The molecule has 1 amide bonds. The molecule has 3 rings (SSSR count). The van der Waals surface area contributed by atoms with Crippen molar-refractivity contribution in [2.24, 2.45) is 0 Å². The van der Waals surface area contributed by atoms with E-state index in [-0.39, 0.29) is 5.91 Å². The third-order valence-electron chi connectivity index (χ3n) is 3.97. The first-order chi connectivity index (χ1) is 10.3. The van der Waals surface area contributed by atoms with E-state index >= 15 is 0 Å². The van der Waals surface area contributed by atoms with E-state index in [2.05, 4.69) is 19.4 Å². The lowest BCUT2D eigenvalue weighted by atomic mass is 10.3. The van der Waals surface area contributed by atoms with Crippen LogP contribution in [0, 0.1) is 0 Å². The molecule has 0 atom stereocenters. The second kappa shape index (κ2) is 7.26. The number of hydrogen-bond acceptors (Lipinski definition) is 7. The minimum Gasteiger partial charge on any atom is -0.379 e. The molecule has 0 spiro atoms. The Morgan fingerprint density at radius 3 is 2.57 bits per heavy atom. The van der Waals surface area contributed by atoms with Crippen molar-refractivity contribution in [1.82, 2.24) is 24.3 Å². The summed E-state index contributed by atoms with van der Waals surface area (Å²) in [7, 11) is 0. The van der Waals surface area contributed by atoms with Crippen LogP contribution >= 0.6 is 11.5 Å². The van der Waals surface area contributed by atoms with E-state index in [0.29, 0.717) is 6.54 Å². The number of carbonyl (C=O) groups is 1. The highest BCUT2D eigenvalue weighted by molar-refractivity contribution is 7.05. The van der Waals surface area contributed by atoms with Gasteiger partial charge in [-0.3, -0.25) is 14.6 Å². The molecule has 2 aliphatic heterocycles. The van der Waals surface area contributed by atoms with Crippen molar-refractivity contribution >= 4 is 17.4 Å². The molecule has 0 bridgehead atoms. The van der Waals surface area contributed by atoms with Gasteiger partial charge < -0.3 is 9.64 Å². The molecule has 3 heterocycles. The third kappa shape index (κ3) is 4.19. The number of morpholine rings is 1. The summed E-state index contributed by atoms with van der Waals surface area (Å²) < 4.78 is 9.19. The average molecular weight is 311 g/mol. The zero-order valence-corrected chi connectivity index (χ0v) is 12.9. The van der Waals surface area contributed by atoms with E-state index in [9.17, 15) is 4.79 Å². The number of carbonyl (C=O) groups excluding carboxylic acids is 1. The largest absolute Gasteiger partial charge is 0.379 e. The van der Waals surface area contributed by atoms with Gasteiger partial charge in [0.2, 0.25) is 5.91 Å². The van der Waals surface area contributed by atoms with Crippen molar-refractivity contribution in [3.05, 3.63) is 11.1 Å². The van der Waals surface area contributed by atoms with Crippen LogP contribution in [-0.2, 0) is 16.1 Å². The maximum atomic E-state index is 12.3. The van der Waals surface area contributed by atoms with E-state index in [1.807, 2.05) is 11.1 Å². The zero-order chi connectivity index (χ0) is 14.5. The second-order valence-electron chi connectivity index (χ2n) is 5.43. The molecular formula is C13H21N5O2S. The minimum absolute atomic E-state index is 0.246. The predicted molar refractivity (Wildman–Crippen MR) is 79.0 cm³/mol. The summed E-state index contributed by atoms with van der Waals surface area (Å²) in [6, 6.07) is 0. The predicted octanol–water partition coefficient (Wildman–Crippen LogP) is -0.485. The summed E-state index contributed by atoms with van der Waals surface area (Å²) >= 11 is 1.45. The Kier molecular flexibility index (Phi) is 5.13. The first kappa shape index (κ1) is 14.8. The van der Waals surface area contributed by atoms with Gasteiger partial charge in [0.15, 0.2) is 0 Å². The Bertz CT molecular complexity index is 441. The first-order valence-electron chi connectivity index (χ1n) is 7.38. The molecule has 0 N–H and O–H groups in total. The molecular weight excluding hydrogens is 290 g/mol. The van der Waals surface area contributed by atoms with Gasteiger partial charge in [0.1, 0.15) is 0 Å². The number of piperazine rings is 1. The van der Waals surface area contributed by atoms with E-state index in [1.54, 1.807) is 0 Å². The van der Waals surface area contributed by atoms with Crippen LogP contribution in [0.15, 0.2) is 6.20 Å². The Labute approximate surface area is 128 Å². The lowest BCUT2D eigenvalue weighted by Crippen LogP contribution is -2.51. The second-order valence-corrected chi connectivity index (χ2v) is 6.30. The Hall–Kier alpha value is -1.09. The maximum absolute atomic E-state index is 12.3. The fourth-order valence-corrected chi connectivity index (χ4v) is 3.22. The van der Waals surface area contributed by atoms with E-state index in [4.69, 9.17) is 4.74 Å². The van der Waals surface area contributed by atoms with Crippen LogP contribution < -0.4 is 0 Å². The monoisotopic (exact) mass is 311 g/mol. The highest BCUT2D eigenvalue weighted by Gasteiger charge is 2.23. The van der Waals surface area contributed by atoms with Crippen LogP contribution in [-0.4, -0.2) is 89.2 Å². The minimum atomic E-state index is 0.246. The van der Waals surface area contributed by atoms with Crippen LogP contribution in [0.2, 0.25) is 0 Å². The van der Waals surface area contributed by atoms with Crippen LogP contribution in [0.25, 0.3) is 0 Å². The van der Waals surface area contributed by atoms with Crippen LogP contribution in [0.5, 0.6) is 0 Å². The first-order valence-corrected chi connectivity index (χ1v) is 8.15. The summed E-state index contributed by atoms with van der Waals surface area (Å²) in [4.78, 5) is 20.0. The standard InChI is InChI=1S/C13H21N5O2S/c19-13(11-17-5-7-20-8-6-17)18-3-1-16(2-4-18)10-12-9-14-15-21-12/h9H,1-8,10-11H2. The smallest absolute Gasteiger partial charge is 0.236 e. The fraction of sp³-hybridized carbons (Fsp3) is 0.769. The molecule has 2 fully saturated rings. The van der Waals surface area contributed by atoms with Crippen molar-refractivity contribution in [2.75, 3.05) is 59.0 Å². The molecule has 1 aromatic heterocycles. The molecule has 8 heteroatoms. The Morgan fingerprint density at radius 1 is 1.14 bits per heavy atom. The Morgan fingerprint density at radius 2 is 1.90 bits per heavy atom. The molecule has 0 saturated carbocycles. The van der Waals surface area contributed by atoms with Gasteiger partial charge in [-0.2, -0.15) is 0 Å². The molecule has 0 aromatic carbocycles. The normalized spacial score (nSPS) is 21.6. The quantitative estimate of drug-likeness (QED) is 0.748. The summed E-state index contributed by atoms with van der Waals surface area (Å²) in [6.07, 6.45) is 1.82. The SMILES string of the molecule is O=C(CN1CCOCC1)N1CCN(Cc2cnns2)CC1. The fourth-order valence-electron chi connectivity index (χ4n) is 2.68. The van der Waals surface area contributed by atoms with Gasteiger partial charge in [-0.05, 0) is 11.5 Å².